The number of hydrogen-bond acceptors (Lipinski definition) is 3. The Hall–Kier alpha value is -2.60. The van der Waals surface area contributed by atoms with Crippen LogP contribution in [0.4, 0.5) is 5.69 Å². The number of methoxy groups -OCH3 is 1. The zero-order valence-electron chi connectivity index (χ0n) is 12.6. The van der Waals surface area contributed by atoms with Gasteiger partial charge < -0.3 is 14.6 Å². The number of anilines is 1. The van der Waals surface area contributed by atoms with Crippen LogP contribution in [-0.2, 0) is 18.3 Å². The van der Waals surface area contributed by atoms with Crippen molar-refractivity contribution in [1.82, 2.24) is 14.3 Å². The molecule has 0 atom stereocenters. The first-order chi connectivity index (χ1) is 10.7. The van der Waals surface area contributed by atoms with Crippen LogP contribution < -0.4 is 5.32 Å². The number of fused-ring (bicyclic) bond motifs is 1. The molecule has 0 aliphatic heterocycles. The standard InChI is InChI=1S/C16H18N4O2/c1-19-11-14(10-17-19)18-16(21)13-3-4-15-12(9-13)5-6-20(15)7-8-22-2/h3-6,9-11H,7-8H2,1-2H3,(H,18,21). The second-order valence-corrected chi connectivity index (χ2v) is 5.13. The van der Waals surface area contributed by atoms with E-state index in [1.54, 1.807) is 24.2 Å². The van der Waals surface area contributed by atoms with Crippen molar-refractivity contribution in [1.29, 1.82) is 0 Å². The number of aromatic nitrogens is 3. The van der Waals surface area contributed by atoms with Gasteiger partial charge in [-0.15, -0.1) is 0 Å². The number of aryl methyl sites for hydroxylation is 1. The average molecular weight is 298 g/mol. The highest BCUT2D eigenvalue weighted by Crippen LogP contribution is 2.18. The monoisotopic (exact) mass is 298 g/mol. The van der Waals surface area contributed by atoms with E-state index in [-0.39, 0.29) is 5.91 Å². The predicted molar refractivity (Wildman–Crippen MR) is 85.0 cm³/mol. The molecule has 114 valence electrons. The third-order valence-electron chi connectivity index (χ3n) is 3.53. The first kappa shape index (κ1) is 14.3. The Morgan fingerprint density at radius 2 is 2.23 bits per heavy atom. The quantitative estimate of drug-likeness (QED) is 0.786. The molecule has 0 fully saturated rings. The maximum absolute atomic E-state index is 12.3. The van der Waals surface area contributed by atoms with Gasteiger partial charge in [-0.3, -0.25) is 9.48 Å². The van der Waals surface area contributed by atoms with Gasteiger partial charge in [-0.1, -0.05) is 0 Å². The van der Waals surface area contributed by atoms with Gasteiger partial charge in [0.1, 0.15) is 0 Å². The van der Waals surface area contributed by atoms with Crippen molar-refractivity contribution in [3.05, 3.63) is 48.4 Å². The van der Waals surface area contributed by atoms with Crippen LogP contribution in [0.25, 0.3) is 10.9 Å². The molecule has 3 rings (SSSR count). The van der Waals surface area contributed by atoms with E-state index in [1.165, 1.54) is 0 Å². The molecular formula is C16H18N4O2. The van der Waals surface area contributed by atoms with Crippen molar-refractivity contribution < 1.29 is 9.53 Å². The molecule has 0 saturated carbocycles. The molecule has 0 radical (unpaired) electrons. The number of nitrogens with one attached hydrogen (secondary N) is 1. The Balaban J connectivity index is 1.81. The first-order valence-electron chi connectivity index (χ1n) is 7.05. The van der Waals surface area contributed by atoms with E-state index in [2.05, 4.69) is 15.0 Å². The van der Waals surface area contributed by atoms with E-state index in [0.717, 1.165) is 17.4 Å². The highest BCUT2D eigenvalue weighted by atomic mass is 16.5. The molecule has 6 nitrogen and oxygen atoms in total. The molecule has 3 aromatic rings. The van der Waals surface area contributed by atoms with E-state index in [9.17, 15) is 4.79 Å². The highest BCUT2D eigenvalue weighted by Gasteiger charge is 2.09. The van der Waals surface area contributed by atoms with E-state index in [4.69, 9.17) is 4.74 Å². The summed E-state index contributed by atoms with van der Waals surface area (Å²) in [6, 6.07) is 7.69. The van der Waals surface area contributed by atoms with Gasteiger partial charge in [0.15, 0.2) is 0 Å². The fourth-order valence-corrected chi connectivity index (χ4v) is 2.42. The van der Waals surface area contributed by atoms with Crippen LogP contribution in [-0.4, -0.2) is 34.0 Å². The molecule has 0 spiro atoms. The van der Waals surface area contributed by atoms with Gasteiger partial charge in [0.05, 0.1) is 18.5 Å². The molecule has 0 saturated heterocycles. The third-order valence-corrected chi connectivity index (χ3v) is 3.53. The number of carbonyl (C=O) groups is 1. The average Bonchev–Trinajstić information content (AvgIpc) is 3.10. The van der Waals surface area contributed by atoms with E-state index < -0.39 is 0 Å². The maximum atomic E-state index is 12.3. The molecule has 2 aromatic heterocycles. The Morgan fingerprint density at radius 3 is 2.95 bits per heavy atom. The molecule has 1 amide bonds. The minimum atomic E-state index is -0.139. The van der Waals surface area contributed by atoms with Crippen molar-refractivity contribution in [3.63, 3.8) is 0 Å². The Bertz CT molecular complexity index is 803. The van der Waals surface area contributed by atoms with Gasteiger partial charge in [0, 0.05) is 49.6 Å². The summed E-state index contributed by atoms with van der Waals surface area (Å²) in [5, 5.41) is 7.90. The van der Waals surface area contributed by atoms with Gasteiger partial charge in [0.2, 0.25) is 0 Å². The van der Waals surface area contributed by atoms with Gasteiger partial charge in [-0.05, 0) is 24.3 Å². The Kier molecular flexibility index (Phi) is 3.93. The van der Waals surface area contributed by atoms with Gasteiger partial charge in [0.25, 0.3) is 5.91 Å². The fraction of sp³-hybridized carbons (Fsp3) is 0.250. The number of carbonyl (C=O) groups excluding carboxylic acids is 1. The molecule has 6 heteroatoms. The predicted octanol–water partition coefficient (Wildman–Crippen LogP) is 2.27. The van der Waals surface area contributed by atoms with Gasteiger partial charge in [-0.2, -0.15) is 5.10 Å². The third kappa shape index (κ3) is 2.87. The first-order valence-corrected chi connectivity index (χ1v) is 7.05. The smallest absolute Gasteiger partial charge is 0.255 e. The lowest BCUT2D eigenvalue weighted by molar-refractivity contribution is 0.102. The summed E-state index contributed by atoms with van der Waals surface area (Å²) < 4.78 is 8.86. The summed E-state index contributed by atoms with van der Waals surface area (Å²) in [5.74, 6) is -0.139. The topological polar surface area (TPSA) is 61.1 Å². The maximum Gasteiger partial charge on any atom is 0.255 e. The summed E-state index contributed by atoms with van der Waals surface area (Å²) in [6.45, 7) is 1.45. The lowest BCUT2D eigenvalue weighted by Crippen LogP contribution is -2.11. The number of amides is 1. The lowest BCUT2D eigenvalue weighted by atomic mass is 10.1. The fourth-order valence-electron chi connectivity index (χ4n) is 2.42. The number of benzene rings is 1. The molecule has 22 heavy (non-hydrogen) atoms. The highest BCUT2D eigenvalue weighted by molar-refractivity contribution is 6.06. The van der Waals surface area contributed by atoms with Gasteiger partial charge >= 0.3 is 0 Å². The second kappa shape index (κ2) is 6.03. The summed E-state index contributed by atoms with van der Waals surface area (Å²) >= 11 is 0. The van der Waals surface area contributed by atoms with Crippen molar-refractivity contribution in [2.45, 2.75) is 6.54 Å². The van der Waals surface area contributed by atoms with E-state index in [0.29, 0.717) is 17.9 Å². The van der Waals surface area contributed by atoms with Crippen molar-refractivity contribution in [2.24, 2.45) is 7.05 Å². The lowest BCUT2D eigenvalue weighted by Gasteiger charge is -2.06. The van der Waals surface area contributed by atoms with Crippen LogP contribution >= 0.6 is 0 Å². The zero-order chi connectivity index (χ0) is 15.5. The van der Waals surface area contributed by atoms with Crippen molar-refractivity contribution >= 4 is 22.5 Å². The SMILES string of the molecule is COCCn1ccc2cc(C(=O)Nc3cnn(C)c3)ccc21. The summed E-state index contributed by atoms with van der Waals surface area (Å²) in [4.78, 5) is 12.3. The molecule has 0 aliphatic rings. The minimum absolute atomic E-state index is 0.139. The number of rotatable bonds is 5. The van der Waals surface area contributed by atoms with Crippen LogP contribution in [0.2, 0.25) is 0 Å². The van der Waals surface area contributed by atoms with Crippen LogP contribution in [0, 0.1) is 0 Å². The summed E-state index contributed by atoms with van der Waals surface area (Å²) in [7, 11) is 3.50. The van der Waals surface area contributed by atoms with Crippen molar-refractivity contribution in [2.75, 3.05) is 19.0 Å². The summed E-state index contributed by atoms with van der Waals surface area (Å²) in [5.41, 5.74) is 2.40. The molecule has 2 heterocycles. The molecular weight excluding hydrogens is 280 g/mol. The van der Waals surface area contributed by atoms with Crippen LogP contribution in [0.5, 0.6) is 0 Å². The summed E-state index contributed by atoms with van der Waals surface area (Å²) in [6.07, 6.45) is 5.39. The molecule has 0 unspecified atom stereocenters. The van der Waals surface area contributed by atoms with E-state index in [1.807, 2.05) is 37.5 Å². The number of nitrogens with zero attached hydrogens (tertiary/aromatic N) is 3. The molecule has 0 bridgehead atoms. The Labute approximate surface area is 128 Å². The van der Waals surface area contributed by atoms with Crippen LogP contribution in [0.3, 0.4) is 0 Å². The van der Waals surface area contributed by atoms with Crippen molar-refractivity contribution in [3.8, 4) is 0 Å². The zero-order valence-corrected chi connectivity index (χ0v) is 12.6. The van der Waals surface area contributed by atoms with Crippen LogP contribution in [0.1, 0.15) is 10.4 Å². The van der Waals surface area contributed by atoms with E-state index >= 15 is 0 Å². The molecule has 1 N–H and O–H groups in total. The molecule has 0 aliphatic carbocycles. The number of hydrogen-bond donors (Lipinski definition) is 1. The van der Waals surface area contributed by atoms with Crippen LogP contribution in [0.15, 0.2) is 42.9 Å². The van der Waals surface area contributed by atoms with Gasteiger partial charge in [-0.25, -0.2) is 0 Å². The Morgan fingerprint density at radius 1 is 1.36 bits per heavy atom. The minimum Gasteiger partial charge on any atom is -0.383 e. The largest absolute Gasteiger partial charge is 0.383 e. The normalized spacial score (nSPS) is 11.0. The second-order valence-electron chi connectivity index (χ2n) is 5.13. The molecule has 1 aromatic carbocycles. The number of ether oxygens (including phenoxy) is 1.